The minimum absolute atomic E-state index is 0.00785. The van der Waals surface area contributed by atoms with Crippen LogP contribution >= 0.6 is 11.6 Å². The van der Waals surface area contributed by atoms with Crippen molar-refractivity contribution in [2.75, 3.05) is 6.54 Å². The summed E-state index contributed by atoms with van der Waals surface area (Å²) in [7, 11) is 0. The molecule has 1 aliphatic rings. The maximum absolute atomic E-state index is 13.2. The van der Waals surface area contributed by atoms with Gasteiger partial charge in [0, 0.05) is 18.7 Å². The summed E-state index contributed by atoms with van der Waals surface area (Å²) < 4.78 is 71.3. The van der Waals surface area contributed by atoms with Crippen LogP contribution in [-0.2, 0) is 12.1 Å². The van der Waals surface area contributed by atoms with E-state index in [-0.39, 0.29) is 34.1 Å². The van der Waals surface area contributed by atoms with Crippen molar-refractivity contribution >= 4 is 17.5 Å². The number of carbonyl (C=O) groups excluding carboxylic acids is 1. The summed E-state index contributed by atoms with van der Waals surface area (Å²) in [6.07, 6.45) is -2.10. The minimum atomic E-state index is -4.70. The van der Waals surface area contributed by atoms with Crippen molar-refractivity contribution in [3.63, 3.8) is 0 Å². The molecular weight excluding hydrogens is 521 g/mol. The lowest BCUT2D eigenvalue weighted by atomic mass is 9.83. The second-order valence-electron chi connectivity index (χ2n) is 9.82. The van der Waals surface area contributed by atoms with Crippen LogP contribution in [-0.4, -0.2) is 40.1 Å². The Kier molecular flexibility index (Phi) is 9.10. The van der Waals surface area contributed by atoms with Crippen molar-refractivity contribution in [3.8, 4) is 17.0 Å². The van der Waals surface area contributed by atoms with E-state index in [0.29, 0.717) is 18.4 Å². The van der Waals surface area contributed by atoms with Crippen LogP contribution < -0.4 is 10.1 Å². The van der Waals surface area contributed by atoms with Crippen LogP contribution in [0.5, 0.6) is 5.75 Å². The largest absolute Gasteiger partial charge is 0.434 e. The number of hydrogen-bond acceptors (Lipinski definition) is 4. The molecule has 0 radical (unpaired) electrons. The number of alkyl halides is 5. The number of nitrogens with zero attached hydrogens (tertiary/aromatic N) is 2. The number of aryl methyl sites for hydroxylation is 1. The van der Waals surface area contributed by atoms with Crippen molar-refractivity contribution in [1.82, 2.24) is 15.1 Å². The summed E-state index contributed by atoms with van der Waals surface area (Å²) in [6.45, 7) is 2.19. The van der Waals surface area contributed by atoms with Crippen molar-refractivity contribution in [3.05, 3.63) is 34.5 Å². The van der Waals surface area contributed by atoms with Gasteiger partial charge < -0.3 is 15.2 Å². The van der Waals surface area contributed by atoms with Crippen LogP contribution in [0.15, 0.2) is 18.2 Å². The fourth-order valence-electron chi connectivity index (χ4n) is 4.66. The highest BCUT2D eigenvalue weighted by atomic mass is 35.5. The van der Waals surface area contributed by atoms with E-state index in [1.54, 1.807) is 6.92 Å². The van der Waals surface area contributed by atoms with Crippen LogP contribution in [0.4, 0.5) is 22.0 Å². The molecular formula is C25H31ClF5N3O3. The standard InChI is InChI=1S/C25H31ClF5N3O3/c1-4-34-21(19(26)20(33-34)22(35)32-12-15-7-5-14(2)6-8-15)17-10-9-16(11-18(17)37-23(27)28)24(3,36)13-25(29,30)31/h9-11,14-15,23,36H,4-8,12-13H2,1-3H3,(H,32,35). The first-order valence-corrected chi connectivity index (χ1v) is 12.5. The predicted molar refractivity (Wildman–Crippen MR) is 129 cm³/mol. The van der Waals surface area contributed by atoms with Crippen molar-refractivity contribution in [2.24, 2.45) is 11.8 Å². The minimum Gasteiger partial charge on any atom is -0.434 e. The van der Waals surface area contributed by atoms with Crippen LogP contribution in [0.25, 0.3) is 11.3 Å². The smallest absolute Gasteiger partial charge is 0.392 e. The molecule has 0 saturated heterocycles. The molecule has 37 heavy (non-hydrogen) atoms. The molecule has 1 unspecified atom stereocenters. The van der Waals surface area contributed by atoms with Gasteiger partial charge in [-0.25, -0.2) is 0 Å². The van der Waals surface area contributed by atoms with Gasteiger partial charge in [0.25, 0.3) is 5.91 Å². The van der Waals surface area contributed by atoms with E-state index in [4.69, 9.17) is 11.6 Å². The third kappa shape index (κ3) is 7.34. The van der Waals surface area contributed by atoms with Gasteiger partial charge in [-0.15, -0.1) is 0 Å². The van der Waals surface area contributed by atoms with Gasteiger partial charge in [0.05, 0.1) is 22.7 Å². The van der Waals surface area contributed by atoms with E-state index in [9.17, 15) is 31.9 Å². The molecule has 1 heterocycles. The monoisotopic (exact) mass is 551 g/mol. The van der Waals surface area contributed by atoms with Gasteiger partial charge in [-0.1, -0.05) is 37.4 Å². The molecule has 1 atom stereocenters. The van der Waals surface area contributed by atoms with E-state index in [2.05, 4.69) is 22.1 Å². The Balaban J connectivity index is 1.94. The molecule has 0 aliphatic heterocycles. The summed E-state index contributed by atoms with van der Waals surface area (Å²) in [4.78, 5) is 12.9. The highest BCUT2D eigenvalue weighted by molar-refractivity contribution is 6.36. The maximum Gasteiger partial charge on any atom is 0.392 e. The summed E-state index contributed by atoms with van der Waals surface area (Å²) >= 11 is 6.52. The summed E-state index contributed by atoms with van der Waals surface area (Å²) in [5.41, 5.74) is -2.68. The lowest BCUT2D eigenvalue weighted by molar-refractivity contribution is -0.174. The highest BCUT2D eigenvalue weighted by Crippen LogP contribution is 2.42. The number of carbonyl (C=O) groups is 1. The predicted octanol–water partition coefficient (Wildman–Crippen LogP) is 6.54. The number of halogens is 6. The molecule has 1 amide bonds. The first-order valence-electron chi connectivity index (χ1n) is 12.1. The molecule has 2 aromatic rings. The molecule has 1 aliphatic carbocycles. The van der Waals surface area contributed by atoms with Crippen molar-refractivity contribution < 1.29 is 36.6 Å². The quantitative estimate of drug-likeness (QED) is 0.347. The molecule has 1 aromatic heterocycles. The fourth-order valence-corrected chi connectivity index (χ4v) is 4.99. The molecule has 0 spiro atoms. The zero-order chi connectivity index (χ0) is 27.5. The van der Waals surface area contributed by atoms with Crippen molar-refractivity contribution in [1.29, 1.82) is 0 Å². The fraction of sp³-hybridized carbons (Fsp3) is 0.600. The SMILES string of the molecule is CCn1nc(C(=O)NCC2CCC(C)CC2)c(Cl)c1-c1ccc(C(C)(O)CC(F)(F)F)cc1OC(F)F. The zero-order valence-electron chi connectivity index (χ0n) is 20.8. The highest BCUT2D eigenvalue weighted by Gasteiger charge is 2.40. The van der Waals surface area contributed by atoms with Crippen LogP contribution in [0.3, 0.4) is 0 Å². The normalized spacial score (nSPS) is 20.1. The third-order valence-corrected chi connectivity index (χ3v) is 7.07. The van der Waals surface area contributed by atoms with E-state index in [1.165, 1.54) is 16.8 Å². The summed E-state index contributed by atoms with van der Waals surface area (Å²) in [6, 6.07) is 3.31. The maximum atomic E-state index is 13.2. The number of benzene rings is 1. The number of aliphatic hydroxyl groups is 1. The van der Waals surface area contributed by atoms with E-state index in [0.717, 1.165) is 38.7 Å². The number of ether oxygens (including phenoxy) is 1. The molecule has 3 rings (SSSR count). The Labute approximate surface area is 217 Å². The molecule has 1 saturated carbocycles. The van der Waals surface area contributed by atoms with Crippen LogP contribution in [0.1, 0.15) is 68.9 Å². The van der Waals surface area contributed by atoms with Gasteiger partial charge in [-0.2, -0.15) is 27.1 Å². The lowest BCUT2D eigenvalue weighted by Gasteiger charge is -2.26. The first kappa shape index (κ1) is 29.2. The number of rotatable bonds is 9. The zero-order valence-corrected chi connectivity index (χ0v) is 21.6. The molecule has 1 aromatic carbocycles. The topological polar surface area (TPSA) is 76.4 Å². The van der Waals surface area contributed by atoms with Gasteiger partial charge in [-0.3, -0.25) is 9.48 Å². The van der Waals surface area contributed by atoms with E-state index >= 15 is 0 Å². The molecule has 2 N–H and O–H groups in total. The number of nitrogens with one attached hydrogen (secondary N) is 1. The molecule has 6 nitrogen and oxygen atoms in total. The van der Waals surface area contributed by atoms with Gasteiger partial charge in [0.15, 0.2) is 5.69 Å². The second-order valence-corrected chi connectivity index (χ2v) is 10.2. The lowest BCUT2D eigenvalue weighted by Crippen LogP contribution is -2.31. The van der Waals surface area contributed by atoms with Gasteiger partial charge in [-0.05, 0) is 56.2 Å². The molecule has 1 fully saturated rings. The van der Waals surface area contributed by atoms with Crippen LogP contribution in [0, 0.1) is 11.8 Å². The van der Waals surface area contributed by atoms with E-state index in [1.807, 2.05) is 0 Å². The summed E-state index contributed by atoms with van der Waals surface area (Å²) in [5.74, 6) is -0.0139. The Morgan fingerprint density at radius 1 is 1.27 bits per heavy atom. The molecule has 206 valence electrons. The van der Waals surface area contributed by atoms with E-state index < -0.39 is 36.5 Å². The Morgan fingerprint density at radius 3 is 2.49 bits per heavy atom. The number of amides is 1. The summed E-state index contributed by atoms with van der Waals surface area (Å²) in [5, 5.41) is 17.4. The third-order valence-electron chi connectivity index (χ3n) is 6.72. The Bertz CT molecular complexity index is 1100. The van der Waals surface area contributed by atoms with Gasteiger partial charge in [0.2, 0.25) is 0 Å². The van der Waals surface area contributed by atoms with Gasteiger partial charge >= 0.3 is 12.8 Å². The molecule has 12 heteroatoms. The Hall–Kier alpha value is -2.40. The average molecular weight is 552 g/mol. The number of hydrogen-bond donors (Lipinski definition) is 2. The second kappa shape index (κ2) is 11.6. The van der Waals surface area contributed by atoms with Crippen molar-refractivity contribution in [2.45, 2.75) is 77.8 Å². The molecule has 0 bridgehead atoms. The number of aromatic nitrogens is 2. The Morgan fingerprint density at radius 2 is 1.92 bits per heavy atom. The van der Waals surface area contributed by atoms with Gasteiger partial charge in [0.1, 0.15) is 5.75 Å². The van der Waals surface area contributed by atoms with Crippen LogP contribution in [0.2, 0.25) is 5.02 Å². The first-order chi connectivity index (χ1) is 17.2. The average Bonchev–Trinajstić information content (AvgIpc) is 3.12.